The van der Waals surface area contributed by atoms with E-state index in [0.717, 1.165) is 37.6 Å². The number of benzene rings is 1. The molecule has 2 aliphatic heterocycles. The summed E-state index contributed by atoms with van der Waals surface area (Å²) in [4.78, 5) is 2.22. The highest BCUT2D eigenvalue weighted by Crippen LogP contribution is 2.43. The van der Waals surface area contributed by atoms with Crippen molar-refractivity contribution in [3.63, 3.8) is 0 Å². The summed E-state index contributed by atoms with van der Waals surface area (Å²) in [5.41, 5.74) is 1.88. The molecule has 5 heteroatoms. The van der Waals surface area contributed by atoms with Crippen molar-refractivity contribution in [2.24, 2.45) is 0 Å². The third-order valence-electron chi connectivity index (χ3n) is 3.61. The summed E-state index contributed by atoms with van der Waals surface area (Å²) in [6, 6.07) is 5.79. The van der Waals surface area contributed by atoms with Crippen LogP contribution >= 0.6 is 0 Å². The molecule has 2 atom stereocenters. The van der Waals surface area contributed by atoms with Crippen LogP contribution in [0.15, 0.2) is 18.2 Å². The first-order valence-electron chi connectivity index (χ1n) is 6.59. The van der Waals surface area contributed by atoms with Gasteiger partial charge in [-0.25, -0.2) is 0 Å². The van der Waals surface area contributed by atoms with Crippen molar-refractivity contribution in [3.8, 4) is 5.75 Å². The Morgan fingerprint density at radius 1 is 1.37 bits per heavy atom. The second kappa shape index (κ2) is 5.36. The lowest BCUT2D eigenvalue weighted by atomic mass is 10.1. The van der Waals surface area contributed by atoms with Gasteiger partial charge in [-0.3, -0.25) is 0 Å². The first kappa shape index (κ1) is 12.7. The molecular formula is C14H19NO4. The first-order valence-corrected chi connectivity index (χ1v) is 6.59. The Kier molecular flexibility index (Phi) is 3.59. The first-order chi connectivity index (χ1) is 9.29. The van der Waals surface area contributed by atoms with Crippen LogP contribution in [-0.2, 0) is 14.2 Å². The molecule has 104 valence electrons. The van der Waals surface area contributed by atoms with E-state index in [9.17, 15) is 5.11 Å². The van der Waals surface area contributed by atoms with Crippen LogP contribution < -0.4 is 4.90 Å². The van der Waals surface area contributed by atoms with Crippen molar-refractivity contribution < 1.29 is 19.3 Å². The van der Waals surface area contributed by atoms with Crippen LogP contribution in [0.1, 0.15) is 11.7 Å². The molecule has 0 bridgehead atoms. The molecule has 19 heavy (non-hydrogen) atoms. The van der Waals surface area contributed by atoms with Crippen LogP contribution in [0.25, 0.3) is 0 Å². The zero-order valence-corrected chi connectivity index (χ0v) is 11.0. The largest absolute Gasteiger partial charge is 0.507 e. The zero-order chi connectivity index (χ0) is 13.2. The summed E-state index contributed by atoms with van der Waals surface area (Å²) in [5.74, 6) is 0.299. The van der Waals surface area contributed by atoms with Gasteiger partial charge in [-0.2, -0.15) is 0 Å². The second-order valence-electron chi connectivity index (χ2n) is 4.89. The fraction of sp³-hybridized carbons (Fsp3) is 0.571. The van der Waals surface area contributed by atoms with E-state index in [2.05, 4.69) is 4.90 Å². The van der Waals surface area contributed by atoms with E-state index in [-0.39, 0.29) is 12.2 Å². The summed E-state index contributed by atoms with van der Waals surface area (Å²) in [5, 5.41) is 10.1. The Bertz CT molecular complexity index is 445. The molecule has 1 aromatic rings. The van der Waals surface area contributed by atoms with Crippen LogP contribution in [0.2, 0.25) is 0 Å². The summed E-state index contributed by atoms with van der Waals surface area (Å²) >= 11 is 0. The number of rotatable bonds is 4. The Morgan fingerprint density at radius 2 is 2.16 bits per heavy atom. The van der Waals surface area contributed by atoms with Crippen molar-refractivity contribution in [1.82, 2.24) is 0 Å². The van der Waals surface area contributed by atoms with Crippen LogP contribution in [0, 0.1) is 0 Å². The highest BCUT2D eigenvalue weighted by molar-refractivity contribution is 5.54. The molecule has 1 N–H and O–H groups in total. The number of phenolic OH excluding ortho intramolecular Hbond substituents is 1. The number of anilines is 1. The van der Waals surface area contributed by atoms with Gasteiger partial charge in [-0.1, -0.05) is 6.07 Å². The van der Waals surface area contributed by atoms with Gasteiger partial charge in [0.1, 0.15) is 18.0 Å². The van der Waals surface area contributed by atoms with Gasteiger partial charge in [0.2, 0.25) is 0 Å². The van der Waals surface area contributed by atoms with Gasteiger partial charge in [-0.15, -0.1) is 0 Å². The number of ether oxygens (including phenoxy) is 3. The number of morpholine rings is 1. The molecule has 2 unspecified atom stereocenters. The number of methoxy groups -OCH3 is 1. The highest BCUT2D eigenvalue weighted by atomic mass is 16.6. The zero-order valence-electron chi connectivity index (χ0n) is 11.0. The average molecular weight is 265 g/mol. The molecule has 2 fully saturated rings. The topological polar surface area (TPSA) is 54.5 Å². The van der Waals surface area contributed by atoms with Crippen molar-refractivity contribution in [2.75, 3.05) is 44.9 Å². The molecule has 0 aromatic heterocycles. The molecule has 1 aromatic carbocycles. The average Bonchev–Trinajstić information content (AvgIpc) is 3.19. The van der Waals surface area contributed by atoms with Crippen LogP contribution in [0.4, 0.5) is 5.69 Å². The third-order valence-corrected chi connectivity index (χ3v) is 3.61. The Labute approximate surface area is 112 Å². The monoisotopic (exact) mass is 265 g/mol. The maximum Gasteiger partial charge on any atom is 0.123 e. The maximum atomic E-state index is 10.1. The molecule has 5 nitrogen and oxygen atoms in total. The number of epoxide rings is 1. The summed E-state index contributed by atoms with van der Waals surface area (Å²) in [6.45, 7) is 3.78. The minimum absolute atomic E-state index is 0.0290. The van der Waals surface area contributed by atoms with Crippen LogP contribution in [-0.4, -0.2) is 51.2 Å². The molecule has 2 heterocycles. The summed E-state index contributed by atoms with van der Waals surface area (Å²) in [7, 11) is 1.65. The fourth-order valence-corrected chi connectivity index (χ4v) is 2.50. The molecule has 0 amide bonds. The van der Waals surface area contributed by atoms with E-state index in [1.54, 1.807) is 7.11 Å². The van der Waals surface area contributed by atoms with Gasteiger partial charge >= 0.3 is 0 Å². The van der Waals surface area contributed by atoms with E-state index in [1.807, 2.05) is 18.2 Å². The molecule has 0 aliphatic carbocycles. The summed E-state index contributed by atoms with van der Waals surface area (Å²) < 4.78 is 15.9. The lowest BCUT2D eigenvalue weighted by Crippen LogP contribution is -2.36. The number of hydrogen-bond acceptors (Lipinski definition) is 5. The number of aromatic hydroxyl groups is 1. The predicted octanol–water partition coefficient (Wildman–Crippen LogP) is 1.32. The van der Waals surface area contributed by atoms with Crippen molar-refractivity contribution in [1.29, 1.82) is 0 Å². The van der Waals surface area contributed by atoms with E-state index in [1.165, 1.54) is 0 Å². The normalized spacial score (nSPS) is 26.5. The summed E-state index contributed by atoms with van der Waals surface area (Å²) in [6.07, 6.45) is 0.0452. The number of hydrogen-bond donors (Lipinski definition) is 1. The predicted molar refractivity (Wildman–Crippen MR) is 70.6 cm³/mol. The standard InChI is InChI=1S/C14H19NO4/c1-17-9-13-14(19-13)11-3-2-10(8-12(11)16)15-4-6-18-7-5-15/h2-3,8,13-14,16H,4-7,9H2,1H3. The molecular weight excluding hydrogens is 246 g/mol. The fourth-order valence-electron chi connectivity index (χ4n) is 2.50. The molecule has 0 spiro atoms. The molecule has 2 saturated heterocycles. The Morgan fingerprint density at radius 3 is 2.84 bits per heavy atom. The van der Waals surface area contributed by atoms with E-state index in [0.29, 0.717) is 12.4 Å². The Balaban J connectivity index is 1.71. The van der Waals surface area contributed by atoms with Crippen molar-refractivity contribution >= 4 is 5.69 Å². The van der Waals surface area contributed by atoms with Gasteiger partial charge in [-0.05, 0) is 6.07 Å². The van der Waals surface area contributed by atoms with Crippen LogP contribution in [0.3, 0.4) is 0 Å². The smallest absolute Gasteiger partial charge is 0.123 e. The Hall–Kier alpha value is -1.30. The molecule has 2 aliphatic rings. The quantitative estimate of drug-likeness (QED) is 0.832. The number of phenols is 1. The van der Waals surface area contributed by atoms with Crippen molar-refractivity contribution in [3.05, 3.63) is 23.8 Å². The number of nitrogens with zero attached hydrogens (tertiary/aromatic N) is 1. The van der Waals surface area contributed by atoms with Gasteiger partial charge in [0.25, 0.3) is 0 Å². The van der Waals surface area contributed by atoms with Crippen molar-refractivity contribution in [2.45, 2.75) is 12.2 Å². The van der Waals surface area contributed by atoms with Gasteiger partial charge in [0.15, 0.2) is 0 Å². The minimum Gasteiger partial charge on any atom is -0.507 e. The molecule has 0 saturated carbocycles. The van der Waals surface area contributed by atoms with E-state index in [4.69, 9.17) is 14.2 Å². The molecule has 3 rings (SSSR count). The van der Waals surface area contributed by atoms with Gasteiger partial charge in [0.05, 0.1) is 19.8 Å². The lowest BCUT2D eigenvalue weighted by Gasteiger charge is -2.29. The van der Waals surface area contributed by atoms with Gasteiger partial charge in [0, 0.05) is 37.5 Å². The minimum atomic E-state index is -0.0290. The second-order valence-corrected chi connectivity index (χ2v) is 4.89. The van der Waals surface area contributed by atoms with Crippen LogP contribution in [0.5, 0.6) is 5.75 Å². The van der Waals surface area contributed by atoms with Gasteiger partial charge < -0.3 is 24.2 Å². The third kappa shape index (κ3) is 2.68. The molecule has 0 radical (unpaired) electrons. The lowest BCUT2D eigenvalue weighted by molar-refractivity contribution is 0.122. The highest BCUT2D eigenvalue weighted by Gasteiger charge is 2.41. The van der Waals surface area contributed by atoms with E-state index >= 15 is 0 Å². The maximum absolute atomic E-state index is 10.1. The SMILES string of the molecule is COCC1OC1c1ccc(N2CCOCC2)cc1O. The van der Waals surface area contributed by atoms with E-state index < -0.39 is 0 Å².